The van der Waals surface area contributed by atoms with E-state index in [1.54, 1.807) is 15.6 Å². The van der Waals surface area contributed by atoms with Gasteiger partial charge >= 0.3 is 6.18 Å². The van der Waals surface area contributed by atoms with E-state index >= 15 is 0 Å². The van der Waals surface area contributed by atoms with Crippen LogP contribution in [-0.2, 0) is 28.9 Å². The van der Waals surface area contributed by atoms with E-state index in [9.17, 15) is 27.6 Å². The summed E-state index contributed by atoms with van der Waals surface area (Å²) in [6, 6.07) is 5.97. The first-order valence-corrected chi connectivity index (χ1v) is 9.37. The fourth-order valence-corrected chi connectivity index (χ4v) is 3.01. The van der Waals surface area contributed by atoms with Crippen LogP contribution >= 0.6 is 0 Å². The maximum atomic E-state index is 12.6. The van der Waals surface area contributed by atoms with Crippen molar-refractivity contribution in [3.05, 3.63) is 58.9 Å². The van der Waals surface area contributed by atoms with Gasteiger partial charge in [0.2, 0.25) is 11.8 Å². The van der Waals surface area contributed by atoms with E-state index in [2.05, 4.69) is 15.7 Å². The van der Waals surface area contributed by atoms with Crippen LogP contribution in [0.15, 0.2) is 36.4 Å². The van der Waals surface area contributed by atoms with Crippen molar-refractivity contribution in [1.82, 2.24) is 25.3 Å². The summed E-state index contributed by atoms with van der Waals surface area (Å²) in [6.45, 7) is 0.852. The average Bonchev–Trinajstić information content (AvgIpc) is 3.18. The van der Waals surface area contributed by atoms with Crippen LogP contribution in [-0.4, -0.2) is 52.5 Å². The van der Waals surface area contributed by atoms with Gasteiger partial charge in [0.25, 0.3) is 5.91 Å². The van der Waals surface area contributed by atoms with Gasteiger partial charge in [-0.05, 0) is 29.8 Å². The number of aromatic nitrogens is 2. The van der Waals surface area contributed by atoms with Crippen molar-refractivity contribution in [2.75, 3.05) is 20.1 Å². The number of alkyl halides is 3. The zero-order valence-corrected chi connectivity index (χ0v) is 16.6. The van der Waals surface area contributed by atoms with E-state index in [1.165, 1.54) is 25.3 Å². The molecule has 0 bridgehead atoms. The molecule has 8 nitrogen and oxygen atoms in total. The summed E-state index contributed by atoms with van der Waals surface area (Å²) in [7, 11) is 1.51. The number of nitrogens with zero attached hydrogens (tertiary/aromatic N) is 3. The smallest absolute Gasteiger partial charge is 0.354 e. The number of rotatable bonds is 5. The normalized spacial score (nSPS) is 13.7. The molecule has 0 aliphatic carbocycles. The molecule has 1 aromatic carbocycles. The molecule has 3 amide bonds. The number of fused-ring (bicyclic) bond motifs is 1. The largest absolute Gasteiger partial charge is 0.416 e. The summed E-state index contributed by atoms with van der Waals surface area (Å²) in [5.74, 6) is -1.16. The molecule has 2 N–H and O–H groups in total. The Labute approximate surface area is 175 Å². The lowest BCUT2D eigenvalue weighted by Crippen LogP contribution is -2.43. The third-order valence-electron chi connectivity index (χ3n) is 4.69. The van der Waals surface area contributed by atoms with Crippen LogP contribution in [0.3, 0.4) is 0 Å². The molecule has 1 aliphatic heterocycles. The fourth-order valence-electron chi connectivity index (χ4n) is 3.01. The summed E-state index contributed by atoms with van der Waals surface area (Å²) in [6.07, 6.45) is -1.91. The van der Waals surface area contributed by atoms with Gasteiger partial charge < -0.3 is 15.5 Å². The molecule has 31 heavy (non-hydrogen) atoms. The zero-order valence-electron chi connectivity index (χ0n) is 16.6. The van der Waals surface area contributed by atoms with Crippen molar-refractivity contribution in [2.45, 2.75) is 19.3 Å². The molecule has 0 spiro atoms. The molecule has 0 fully saturated rings. The van der Waals surface area contributed by atoms with Crippen LogP contribution in [0.2, 0.25) is 0 Å². The summed E-state index contributed by atoms with van der Waals surface area (Å²) < 4.78 is 39.3. The Morgan fingerprint density at radius 2 is 1.87 bits per heavy atom. The lowest BCUT2D eigenvalue weighted by Gasteiger charge is -2.27. The van der Waals surface area contributed by atoms with Gasteiger partial charge in [0.1, 0.15) is 0 Å². The number of carbonyl (C=O) groups excluding carboxylic acids is 3. The second-order valence-electron chi connectivity index (χ2n) is 6.81. The highest BCUT2D eigenvalue weighted by Crippen LogP contribution is 2.29. The number of hydrogen-bond donors (Lipinski definition) is 2. The van der Waals surface area contributed by atoms with Gasteiger partial charge in [-0.2, -0.15) is 18.3 Å². The van der Waals surface area contributed by atoms with Gasteiger partial charge in [-0.1, -0.05) is 12.1 Å². The number of halogens is 3. The van der Waals surface area contributed by atoms with Gasteiger partial charge in [-0.15, -0.1) is 0 Å². The lowest BCUT2D eigenvalue weighted by atomic mass is 10.1. The topological polar surface area (TPSA) is 96.3 Å². The summed E-state index contributed by atoms with van der Waals surface area (Å²) in [5, 5.41) is 9.14. The molecule has 0 saturated heterocycles. The lowest BCUT2D eigenvalue weighted by molar-refractivity contribution is -0.137. The first-order valence-electron chi connectivity index (χ1n) is 9.37. The predicted molar refractivity (Wildman–Crippen MR) is 105 cm³/mol. The van der Waals surface area contributed by atoms with Crippen molar-refractivity contribution in [2.24, 2.45) is 0 Å². The highest BCUT2D eigenvalue weighted by Gasteiger charge is 2.29. The third kappa shape index (κ3) is 5.50. The molecule has 0 saturated carbocycles. The molecule has 1 aromatic heterocycles. The molecule has 0 atom stereocenters. The Kier molecular flexibility index (Phi) is 6.42. The van der Waals surface area contributed by atoms with E-state index in [4.69, 9.17) is 0 Å². The van der Waals surface area contributed by atoms with E-state index in [0.717, 1.165) is 18.2 Å². The van der Waals surface area contributed by atoms with Gasteiger partial charge in [-0.3, -0.25) is 19.1 Å². The zero-order chi connectivity index (χ0) is 22.6. The van der Waals surface area contributed by atoms with Gasteiger partial charge in [-0.25, -0.2) is 0 Å². The number of hydrogen-bond acceptors (Lipinski definition) is 4. The number of amides is 3. The quantitative estimate of drug-likeness (QED) is 0.695. The van der Waals surface area contributed by atoms with Crippen LogP contribution < -0.4 is 10.6 Å². The summed E-state index contributed by atoms with van der Waals surface area (Å²) >= 11 is 0. The second-order valence-corrected chi connectivity index (χ2v) is 6.81. The maximum Gasteiger partial charge on any atom is 0.416 e. The van der Waals surface area contributed by atoms with Crippen LogP contribution in [0.25, 0.3) is 6.08 Å². The highest BCUT2D eigenvalue weighted by atomic mass is 19.4. The fraction of sp³-hybridized carbons (Fsp3) is 0.300. The SMILES string of the molecule is CNC(=O)c1cc2n(n1)CCN(C(=O)CNC(=O)/C=C/c1ccc(C(F)(F)F)cc1)C2. The van der Waals surface area contributed by atoms with E-state index in [-0.39, 0.29) is 30.6 Å². The molecule has 0 radical (unpaired) electrons. The first-order chi connectivity index (χ1) is 14.7. The molecule has 11 heteroatoms. The number of benzene rings is 1. The van der Waals surface area contributed by atoms with Crippen LogP contribution in [0, 0.1) is 0 Å². The summed E-state index contributed by atoms with van der Waals surface area (Å²) in [4.78, 5) is 37.5. The Bertz CT molecular complexity index is 1010. The van der Waals surface area contributed by atoms with Crippen LogP contribution in [0.1, 0.15) is 27.3 Å². The molecule has 3 rings (SSSR count). The van der Waals surface area contributed by atoms with E-state index in [1.807, 2.05) is 0 Å². The summed E-state index contributed by atoms with van der Waals surface area (Å²) in [5.41, 5.74) is 0.635. The minimum atomic E-state index is -4.42. The Morgan fingerprint density at radius 1 is 1.16 bits per heavy atom. The number of nitrogens with one attached hydrogen (secondary N) is 2. The minimum Gasteiger partial charge on any atom is -0.354 e. The molecule has 1 aliphatic rings. The second kappa shape index (κ2) is 9.02. The van der Waals surface area contributed by atoms with Crippen molar-refractivity contribution in [1.29, 1.82) is 0 Å². The minimum absolute atomic E-state index is 0.230. The van der Waals surface area contributed by atoms with E-state index in [0.29, 0.717) is 24.3 Å². The van der Waals surface area contributed by atoms with Gasteiger partial charge in [0, 0.05) is 19.7 Å². The predicted octanol–water partition coefficient (Wildman–Crippen LogP) is 1.43. The molecule has 0 unspecified atom stereocenters. The standard InChI is InChI=1S/C20H20F3N5O3/c1-24-19(31)16-10-15-12-27(8-9-28(15)26-16)18(30)11-25-17(29)7-4-13-2-5-14(6-3-13)20(21,22)23/h2-7,10H,8-9,11-12H2,1H3,(H,24,31)(H,25,29)/b7-4+. The molecular weight excluding hydrogens is 415 g/mol. The van der Waals surface area contributed by atoms with E-state index < -0.39 is 17.6 Å². The molecule has 164 valence electrons. The van der Waals surface area contributed by atoms with Crippen molar-refractivity contribution < 1.29 is 27.6 Å². The monoisotopic (exact) mass is 435 g/mol. The first kappa shape index (κ1) is 22.1. The molecular formula is C20H20F3N5O3. The van der Waals surface area contributed by atoms with Gasteiger partial charge in [0.05, 0.1) is 30.9 Å². The van der Waals surface area contributed by atoms with Crippen molar-refractivity contribution in [3.8, 4) is 0 Å². The van der Waals surface area contributed by atoms with Gasteiger partial charge in [0.15, 0.2) is 5.69 Å². The van der Waals surface area contributed by atoms with Crippen LogP contribution in [0.5, 0.6) is 0 Å². The molecule has 2 heterocycles. The maximum absolute atomic E-state index is 12.6. The van der Waals surface area contributed by atoms with Crippen molar-refractivity contribution in [3.63, 3.8) is 0 Å². The third-order valence-corrected chi connectivity index (χ3v) is 4.69. The molecule has 2 aromatic rings. The Balaban J connectivity index is 1.50. The average molecular weight is 435 g/mol. The van der Waals surface area contributed by atoms with Crippen LogP contribution in [0.4, 0.5) is 13.2 Å². The Morgan fingerprint density at radius 3 is 2.52 bits per heavy atom. The Hall–Kier alpha value is -3.63. The number of carbonyl (C=O) groups is 3. The van der Waals surface area contributed by atoms with Crippen molar-refractivity contribution >= 4 is 23.8 Å². The highest BCUT2D eigenvalue weighted by molar-refractivity contribution is 5.94.